The highest BCUT2D eigenvalue weighted by atomic mass is 16.3. The highest BCUT2D eigenvalue weighted by Gasteiger charge is 2.47. The molecule has 5 heterocycles. The van der Waals surface area contributed by atoms with Crippen LogP contribution >= 0.6 is 0 Å². The van der Waals surface area contributed by atoms with Gasteiger partial charge in [-0.1, -0.05) is 326 Å². The van der Waals surface area contributed by atoms with Crippen LogP contribution in [0.25, 0.3) is 155 Å². The molecule has 2 aliphatic heterocycles. The first kappa shape index (κ1) is 76.0. The fraction of sp³-hybridized carbons (Fsp3) is 0.136. The van der Waals surface area contributed by atoms with Gasteiger partial charge in [0.15, 0.2) is 0 Å². The van der Waals surface area contributed by atoms with Gasteiger partial charge in [0.2, 0.25) is 0 Å². The van der Waals surface area contributed by atoms with Crippen molar-refractivity contribution in [3.63, 3.8) is 0 Å². The van der Waals surface area contributed by atoms with Crippen LogP contribution in [0.3, 0.4) is 0 Å². The summed E-state index contributed by atoms with van der Waals surface area (Å²) in [6, 6.07) is 141. The van der Waals surface area contributed by atoms with E-state index in [9.17, 15) is 0 Å². The number of nitrogens with zero attached hydrogens (tertiary/aromatic N) is 4. The van der Waals surface area contributed by atoms with E-state index in [0.717, 1.165) is 167 Å². The molecular weight excluding hydrogens is 1500 g/mol. The van der Waals surface area contributed by atoms with E-state index >= 15 is 0 Å². The topological polar surface area (TPSA) is 29.5 Å². The van der Waals surface area contributed by atoms with Crippen molar-refractivity contribution in [1.82, 2.24) is 9.13 Å². The average molecular weight is 1600 g/mol. The van der Waals surface area contributed by atoms with Crippen molar-refractivity contribution in [3.05, 3.63) is 392 Å². The molecule has 0 bridgehead atoms. The standard InChI is InChI=1S/C118H97BN4O/c1-115(2,3)84-48-56-102-95(68-84)96-69-85(116(4,5)6)49-57-103(96)120(102)88-52-54-100-106(72-88)122(113-91(76-37-23-15-24-38-76)62-81(74-33-19-13-20-34-74)63-92(113)77-39-25-16-26-40-77)108-66-83(80-47-60-111-99(61-80)90-45-31-32-46-110(90)124-111)67-109-112(108)119(100)101-55-53-89(121-104-58-50-86(117(7,8)9)70-97(104)98-71-87(118(10,11)12)51-59-105(98)121)73-107(101)123(109)114-93(78-41-27-17-28-42-78)64-82(75-35-21-14-22-36-75)65-94(114)79-43-29-18-30-44-79/h13-73H,1-12H3. The summed E-state index contributed by atoms with van der Waals surface area (Å²) in [6.07, 6.45) is 0. The highest BCUT2D eigenvalue weighted by molar-refractivity contribution is 7.00. The number of fused-ring (bicyclic) bond motifs is 13. The number of benzene rings is 17. The zero-order valence-electron chi connectivity index (χ0n) is 72.5. The van der Waals surface area contributed by atoms with Crippen molar-refractivity contribution < 1.29 is 4.42 Å². The van der Waals surface area contributed by atoms with Gasteiger partial charge in [-0.2, -0.15) is 0 Å². The van der Waals surface area contributed by atoms with E-state index in [2.05, 4.69) is 472 Å². The van der Waals surface area contributed by atoms with Crippen molar-refractivity contribution in [2.45, 2.75) is 105 Å². The Morgan fingerprint density at radius 3 is 0.863 bits per heavy atom. The lowest BCUT2D eigenvalue weighted by molar-refractivity contribution is 0.590. The number of para-hydroxylation sites is 1. The summed E-state index contributed by atoms with van der Waals surface area (Å²) < 4.78 is 11.9. The third kappa shape index (κ3) is 12.6. The van der Waals surface area contributed by atoms with Gasteiger partial charge in [-0.15, -0.1) is 0 Å². The lowest BCUT2D eigenvalue weighted by Crippen LogP contribution is -2.61. The molecule has 6 heteroatoms. The molecule has 0 spiro atoms. The van der Waals surface area contributed by atoms with Crippen LogP contribution in [0.15, 0.2) is 374 Å². The van der Waals surface area contributed by atoms with Gasteiger partial charge in [0.25, 0.3) is 6.71 Å². The molecule has 598 valence electrons. The minimum absolute atomic E-state index is 0.0943. The van der Waals surface area contributed by atoms with Gasteiger partial charge < -0.3 is 23.4 Å². The number of furan rings is 1. The van der Waals surface area contributed by atoms with E-state index in [0.29, 0.717) is 0 Å². The Morgan fingerprint density at radius 1 is 0.218 bits per heavy atom. The van der Waals surface area contributed by atoms with E-state index in [1.165, 1.54) is 60.2 Å². The third-order valence-electron chi connectivity index (χ3n) is 26.5. The molecule has 2 aliphatic rings. The van der Waals surface area contributed by atoms with Gasteiger partial charge in [0.05, 0.1) is 33.4 Å². The molecule has 0 atom stereocenters. The minimum atomic E-state index is -0.350. The first-order valence-corrected chi connectivity index (χ1v) is 43.9. The zero-order chi connectivity index (χ0) is 84.4. The molecule has 0 saturated carbocycles. The van der Waals surface area contributed by atoms with E-state index in [1.807, 2.05) is 0 Å². The van der Waals surface area contributed by atoms with Crippen molar-refractivity contribution in [1.29, 1.82) is 0 Å². The molecule has 0 saturated heterocycles. The fourth-order valence-corrected chi connectivity index (χ4v) is 20.0. The molecule has 124 heavy (non-hydrogen) atoms. The summed E-state index contributed by atoms with van der Waals surface area (Å²) in [7, 11) is 0. The largest absolute Gasteiger partial charge is 0.456 e. The molecular formula is C118H97BN4O. The highest BCUT2D eigenvalue weighted by Crippen LogP contribution is 2.57. The summed E-state index contributed by atoms with van der Waals surface area (Å²) in [6.45, 7) is 27.7. The van der Waals surface area contributed by atoms with E-state index in [4.69, 9.17) is 4.42 Å². The Balaban J connectivity index is 0.936. The second kappa shape index (κ2) is 28.7. The molecule has 0 aliphatic carbocycles. The Morgan fingerprint density at radius 2 is 0.524 bits per heavy atom. The first-order valence-electron chi connectivity index (χ1n) is 43.9. The summed E-state index contributed by atoms with van der Waals surface area (Å²) in [5, 5.41) is 7.10. The van der Waals surface area contributed by atoms with E-state index < -0.39 is 0 Å². The number of hydrogen-bond donors (Lipinski definition) is 0. The number of rotatable bonds is 11. The number of aromatic nitrogens is 2. The maximum Gasteiger partial charge on any atom is 0.252 e. The Labute approximate surface area is 727 Å². The lowest BCUT2D eigenvalue weighted by atomic mass is 9.33. The smallest absolute Gasteiger partial charge is 0.252 e. The lowest BCUT2D eigenvalue weighted by Gasteiger charge is -2.46. The second-order valence-electron chi connectivity index (χ2n) is 38.5. The molecule has 5 nitrogen and oxygen atoms in total. The first-order chi connectivity index (χ1) is 60.0. The van der Waals surface area contributed by atoms with Crippen molar-refractivity contribution in [3.8, 4) is 89.3 Å². The maximum atomic E-state index is 6.79. The summed E-state index contributed by atoms with van der Waals surface area (Å²) >= 11 is 0. The number of hydrogen-bond acceptors (Lipinski definition) is 3. The van der Waals surface area contributed by atoms with Crippen LogP contribution in [0.5, 0.6) is 0 Å². The van der Waals surface area contributed by atoms with Gasteiger partial charge in [-0.05, 0) is 243 Å². The van der Waals surface area contributed by atoms with Crippen LogP contribution < -0.4 is 26.2 Å². The predicted molar refractivity (Wildman–Crippen MR) is 529 cm³/mol. The minimum Gasteiger partial charge on any atom is -0.456 e. The van der Waals surface area contributed by atoms with Crippen LogP contribution in [0.2, 0.25) is 0 Å². The molecule has 0 fully saturated rings. The quantitative estimate of drug-likeness (QED) is 0.121. The molecule has 0 N–H and O–H groups in total. The van der Waals surface area contributed by atoms with Crippen molar-refractivity contribution in [2.75, 3.05) is 9.80 Å². The molecule has 20 aromatic rings. The van der Waals surface area contributed by atoms with Crippen molar-refractivity contribution in [2.24, 2.45) is 0 Å². The number of anilines is 6. The van der Waals surface area contributed by atoms with Crippen molar-refractivity contribution >= 4 is 123 Å². The molecule has 17 aromatic carbocycles. The van der Waals surface area contributed by atoms with Gasteiger partial charge in [0.1, 0.15) is 11.2 Å². The van der Waals surface area contributed by atoms with Gasteiger partial charge in [-0.3, -0.25) is 0 Å². The third-order valence-corrected chi connectivity index (χ3v) is 26.5. The monoisotopic (exact) mass is 1600 g/mol. The summed E-state index contributed by atoms with van der Waals surface area (Å²) in [4.78, 5) is 5.46. The summed E-state index contributed by atoms with van der Waals surface area (Å²) in [5.41, 5.74) is 38.8. The van der Waals surface area contributed by atoms with Crippen LogP contribution in [0.1, 0.15) is 105 Å². The molecule has 3 aromatic heterocycles. The van der Waals surface area contributed by atoms with E-state index in [-0.39, 0.29) is 28.4 Å². The molecule has 0 radical (unpaired) electrons. The molecule has 0 amide bonds. The van der Waals surface area contributed by atoms with Gasteiger partial charge >= 0.3 is 0 Å². The van der Waals surface area contributed by atoms with Crippen LogP contribution in [-0.4, -0.2) is 15.8 Å². The second-order valence-corrected chi connectivity index (χ2v) is 38.5. The zero-order valence-corrected chi connectivity index (χ0v) is 72.5. The molecule has 22 rings (SSSR count). The average Bonchev–Trinajstić information content (AvgIpc) is 1.24. The molecule has 0 unspecified atom stereocenters. The SMILES string of the molecule is CC(C)(C)c1ccc2c(c1)c1cc(C(C)(C)C)ccc1n2-c1ccc2c(c1)N(c1c(-c3ccccc3)cc(-c3ccccc3)cc1-c1ccccc1)c1cc(-c3ccc4oc5ccccc5c4c3)cc3c1B2c1ccc(-n2c4ccc(C(C)(C)C)cc4c4cc(C(C)(C)C)ccc42)cc1N3c1c(-c2ccccc2)cc(-c2ccccc2)cc1-c1ccccc1. The van der Waals surface area contributed by atoms with E-state index in [1.54, 1.807) is 0 Å². The fourth-order valence-electron chi connectivity index (χ4n) is 20.0. The normalized spacial score (nSPS) is 13.0. The summed E-state index contributed by atoms with van der Waals surface area (Å²) in [5.74, 6) is 0. The van der Waals surface area contributed by atoms with Crippen LogP contribution in [-0.2, 0) is 21.7 Å². The van der Waals surface area contributed by atoms with Gasteiger partial charge in [-0.25, -0.2) is 0 Å². The predicted octanol–water partition coefficient (Wildman–Crippen LogP) is 30.7. The maximum absolute atomic E-state index is 6.79. The van der Waals surface area contributed by atoms with Crippen LogP contribution in [0, 0.1) is 0 Å². The van der Waals surface area contributed by atoms with Crippen LogP contribution in [0.4, 0.5) is 34.1 Å². The Kier molecular flexibility index (Phi) is 17.6. The van der Waals surface area contributed by atoms with Gasteiger partial charge in [0, 0.05) is 88.7 Å². The Bertz CT molecular complexity index is 7020. The Hall–Kier alpha value is -14.2.